The van der Waals surface area contributed by atoms with Crippen LogP contribution in [-0.4, -0.2) is 64.9 Å². The van der Waals surface area contributed by atoms with Gasteiger partial charge in [0, 0.05) is 50.4 Å². The van der Waals surface area contributed by atoms with Gasteiger partial charge in [-0.25, -0.2) is 10.8 Å². The molecule has 0 spiro atoms. The van der Waals surface area contributed by atoms with Crippen molar-refractivity contribution in [3.63, 3.8) is 0 Å². The van der Waals surface area contributed by atoms with Crippen LogP contribution in [0.1, 0.15) is 23.6 Å². The van der Waals surface area contributed by atoms with Gasteiger partial charge in [-0.2, -0.15) is 0 Å². The van der Waals surface area contributed by atoms with E-state index in [9.17, 15) is 0 Å². The van der Waals surface area contributed by atoms with Crippen molar-refractivity contribution < 1.29 is 14.2 Å². The Hall–Kier alpha value is -3.43. The number of hydrogen-bond donors (Lipinski definition) is 3. The Labute approximate surface area is 200 Å². The first kappa shape index (κ1) is 22.4. The minimum absolute atomic E-state index is 0.190. The number of benzene rings is 2. The molecule has 1 fully saturated rings. The van der Waals surface area contributed by atoms with E-state index in [2.05, 4.69) is 51.9 Å². The summed E-state index contributed by atoms with van der Waals surface area (Å²) >= 11 is 0. The number of nitrogens with one attached hydrogen (secondary N) is 2. The summed E-state index contributed by atoms with van der Waals surface area (Å²) in [5.74, 6) is 8.36. The molecule has 2 aromatic rings. The van der Waals surface area contributed by atoms with Crippen molar-refractivity contribution in [3.8, 4) is 17.2 Å². The molecule has 5 rings (SSSR count). The van der Waals surface area contributed by atoms with E-state index in [4.69, 9.17) is 25.0 Å². The van der Waals surface area contributed by atoms with E-state index in [1.54, 1.807) is 14.2 Å². The molecular formula is C25H32N6O3. The molecule has 4 N–H and O–H groups in total. The fourth-order valence-electron chi connectivity index (χ4n) is 4.82. The molecule has 1 saturated heterocycles. The van der Waals surface area contributed by atoms with Gasteiger partial charge in [-0.3, -0.25) is 5.43 Å². The average Bonchev–Trinajstić information content (AvgIpc) is 3.07. The Morgan fingerprint density at radius 3 is 2.53 bits per heavy atom. The van der Waals surface area contributed by atoms with E-state index in [0.29, 0.717) is 36.2 Å². The first-order chi connectivity index (χ1) is 16.6. The summed E-state index contributed by atoms with van der Waals surface area (Å²) in [7, 11) is 5.45. The van der Waals surface area contributed by atoms with Crippen LogP contribution in [0.2, 0.25) is 0 Å². The lowest BCUT2D eigenvalue weighted by Gasteiger charge is -2.34. The fraction of sp³-hybridized carbons (Fsp3) is 0.400. The second-order valence-corrected chi connectivity index (χ2v) is 8.73. The molecule has 3 heterocycles. The molecule has 3 aliphatic heterocycles. The van der Waals surface area contributed by atoms with Crippen LogP contribution in [0.25, 0.3) is 5.70 Å². The van der Waals surface area contributed by atoms with Crippen LogP contribution in [0.4, 0.5) is 5.69 Å². The Bertz CT molecular complexity index is 1110. The molecule has 0 saturated carbocycles. The van der Waals surface area contributed by atoms with Gasteiger partial charge in [-0.1, -0.05) is 12.1 Å². The lowest BCUT2D eigenvalue weighted by atomic mass is 9.91. The van der Waals surface area contributed by atoms with Gasteiger partial charge in [-0.15, -0.1) is 0 Å². The lowest BCUT2D eigenvalue weighted by Crippen LogP contribution is -2.44. The Balaban J connectivity index is 1.53. The molecular weight excluding hydrogens is 432 g/mol. The molecule has 0 bridgehead atoms. The molecule has 9 nitrogen and oxygen atoms in total. The highest BCUT2D eigenvalue weighted by molar-refractivity contribution is 5.95. The highest BCUT2D eigenvalue weighted by Crippen LogP contribution is 2.45. The zero-order valence-electron chi connectivity index (χ0n) is 19.9. The van der Waals surface area contributed by atoms with Gasteiger partial charge in [0.05, 0.1) is 32.1 Å². The molecule has 0 aliphatic carbocycles. The van der Waals surface area contributed by atoms with Crippen molar-refractivity contribution in [1.29, 1.82) is 0 Å². The standard InChI is InChI=1S/C25H32N6O3/c1-30-9-11-31(12-10-30)17-6-4-16(5-7-17)23-19-8-13-34-21-15-18(32-2)14-20(33-3)22(21)24(19)28-25(27-23)29-26/h4-7,14-15,23H,8-13,26H2,1-3H3,(H2,27,28,29). The molecule has 3 aliphatic rings. The number of hydrazine groups is 1. The number of hydrogen-bond acceptors (Lipinski definition) is 9. The second kappa shape index (κ2) is 9.44. The van der Waals surface area contributed by atoms with Crippen molar-refractivity contribution in [1.82, 2.24) is 15.6 Å². The molecule has 1 atom stereocenters. The largest absolute Gasteiger partial charge is 0.496 e. The van der Waals surface area contributed by atoms with E-state index in [0.717, 1.165) is 48.6 Å². The first-order valence-electron chi connectivity index (χ1n) is 11.6. The monoisotopic (exact) mass is 464 g/mol. The maximum Gasteiger partial charge on any atom is 0.211 e. The quantitative estimate of drug-likeness (QED) is 0.468. The molecule has 0 radical (unpaired) electrons. The third-order valence-corrected chi connectivity index (χ3v) is 6.74. The SMILES string of the molecule is COc1cc(OC)c2c(c1)OCCC1=C2NC(NN)=NC1c1ccc(N2CCN(C)CC2)cc1. The summed E-state index contributed by atoms with van der Waals surface area (Å²) in [6.45, 7) is 4.76. The predicted molar refractivity (Wildman–Crippen MR) is 133 cm³/mol. The molecule has 180 valence electrons. The fourth-order valence-corrected chi connectivity index (χ4v) is 4.82. The Morgan fingerprint density at radius 1 is 1.09 bits per heavy atom. The second-order valence-electron chi connectivity index (χ2n) is 8.73. The lowest BCUT2D eigenvalue weighted by molar-refractivity contribution is 0.313. The van der Waals surface area contributed by atoms with Crippen LogP contribution >= 0.6 is 0 Å². The molecule has 34 heavy (non-hydrogen) atoms. The van der Waals surface area contributed by atoms with E-state index in [-0.39, 0.29) is 6.04 Å². The highest BCUT2D eigenvalue weighted by Gasteiger charge is 2.32. The van der Waals surface area contributed by atoms with E-state index < -0.39 is 0 Å². The minimum atomic E-state index is -0.190. The van der Waals surface area contributed by atoms with Crippen molar-refractivity contribution in [2.75, 3.05) is 59.0 Å². The number of nitrogens with two attached hydrogens (primary N) is 1. The number of anilines is 1. The van der Waals surface area contributed by atoms with Crippen molar-refractivity contribution in [3.05, 3.63) is 53.1 Å². The highest BCUT2D eigenvalue weighted by atomic mass is 16.5. The average molecular weight is 465 g/mol. The summed E-state index contributed by atoms with van der Waals surface area (Å²) < 4.78 is 17.3. The van der Waals surface area contributed by atoms with E-state index in [1.807, 2.05) is 12.1 Å². The van der Waals surface area contributed by atoms with Crippen LogP contribution < -0.4 is 35.7 Å². The van der Waals surface area contributed by atoms with Crippen molar-refractivity contribution in [2.45, 2.75) is 12.5 Å². The summed E-state index contributed by atoms with van der Waals surface area (Å²) in [4.78, 5) is 9.67. The van der Waals surface area contributed by atoms with Gasteiger partial charge in [-0.05, 0) is 30.3 Å². The predicted octanol–water partition coefficient (Wildman–Crippen LogP) is 2.11. The summed E-state index contributed by atoms with van der Waals surface area (Å²) in [6.07, 6.45) is 0.717. The number of ether oxygens (including phenoxy) is 3. The van der Waals surface area contributed by atoms with Crippen LogP contribution in [0.5, 0.6) is 17.2 Å². The van der Waals surface area contributed by atoms with Gasteiger partial charge < -0.3 is 29.3 Å². The summed E-state index contributed by atoms with van der Waals surface area (Å²) in [5.41, 5.74) is 7.93. The van der Waals surface area contributed by atoms with Crippen LogP contribution in [0, 0.1) is 0 Å². The van der Waals surface area contributed by atoms with E-state index in [1.165, 1.54) is 5.69 Å². The van der Waals surface area contributed by atoms with Crippen molar-refractivity contribution >= 4 is 17.3 Å². The summed E-state index contributed by atoms with van der Waals surface area (Å²) in [6, 6.07) is 12.3. The van der Waals surface area contributed by atoms with Crippen molar-refractivity contribution in [2.24, 2.45) is 10.8 Å². The number of aliphatic imine (C=N–C) groups is 1. The van der Waals surface area contributed by atoms with Crippen LogP contribution in [0.3, 0.4) is 0 Å². The Morgan fingerprint density at radius 2 is 1.85 bits per heavy atom. The maximum absolute atomic E-state index is 6.13. The van der Waals surface area contributed by atoms with Crippen LogP contribution in [0.15, 0.2) is 47.0 Å². The van der Waals surface area contributed by atoms with Gasteiger partial charge >= 0.3 is 0 Å². The smallest absolute Gasteiger partial charge is 0.211 e. The van der Waals surface area contributed by atoms with Gasteiger partial charge in [0.15, 0.2) is 0 Å². The zero-order chi connectivity index (χ0) is 23.7. The molecule has 2 aromatic carbocycles. The van der Waals surface area contributed by atoms with E-state index >= 15 is 0 Å². The third-order valence-electron chi connectivity index (χ3n) is 6.74. The molecule has 0 aromatic heterocycles. The molecule has 9 heteroatoms. The number of likely N-dealkylation sites (N-methyl/N-ethyl adjacent to an activating group) is 1. The zero-order valence-corrected chi connectivity index (χ0v) is 19.9. The number of guanidine groups is 1. The number of methoxy groups -OCH3 is 2. The number of fused-ring (bicyclic) bond motifs is 2. The van der Waals surface area contributed by atoms with Gasteiger partial charge in [0.1, 0.15) is 23.3 Å². The van der Waals surface area contributed by atoms with Gasteiger partial charge in [0.25, 0.3) is 0 Å². The first-order valence-corrected chi connectivity index (χ1v) is 11.6. The third kappa shape index (κ3) is 4.12. The van der Waals surface area contributed by atoms with Gasteiger partial charge in [0.2, 0.25) is 5.96 Å². The number of piperazine rings is 1. The molecule has 1 unspecified atom stereocenters. The molecule has 0 amide bonds. The summed E-state index contributed by atoms with van der Waals surface area (Å²) in [5, 5.41) is 3.36. The Kier molecular flexibility index (Phi) is 6.21. The normalized spacial score (nSPS) is 20.3. The topological polar surface area (TPSA) is 96.6 Å². The minimum Gasteiger partial charge on any atom is -0.496 e. The van der Waals surface area contributed by atoms with Crippen LogP contribution in [-0.2, 0) is 0 Å². The maximum atomic E-state index is 6.13. The number of nitrogens with zero attached hydrogens (tertiary/aromatic N) is 3. The number of rotatable bonds is 4.